The van der Waals surface area contributed by atoms with Gasteiger partial charge in [0.05, 0.1) is 18.7 Å². The van der Waals surface area contributed by atoms with Gasteiger partial charge in [-0.05, 0) is 37.7 Å². The molecule has 0 aliphatic rings. The molecule has 0 spiro atoms. The van der Waals surface area contributed by atoms with E-state index in [0.29, 0.717) is 0 Å². The van der Waals surface area contributed by atoms with E-state index in [9.17, 15) is 0 Å². The first kappa shape index (κ1) is 12.7. The summed E-state index contributed by atoms with van der Waals surface area (Å²) in [7, 11) is 1.90. The molecule has 0 amide bonds. The topological polar surface area (TPSA) is 34.4 Å². The first-order valence-corrected chi connectivity index (χ1v) is 6.30. The van der Waals surface area contributed by atoms with E-state index in [1.165, 1.54) is 0 Å². The van der Waals surface area contributed by atoms with E-state index in [2.05, 4.69) is 12.2 Å². The predicted octanol–water partition coefficient (Wildman–Crippen LogP) is 3.45. The second-order valence-electron chi connectivity index (χ2n) is 4.14. The summed E-state index contributed by atoms with van der Waals surface area (Å²) in [6.45, 7) is 3.56. The van der Waals surface area contributed by atoms with Gasteiger partial charge in [-0.25, -0.2) is 0 Å². The van der Waals surface area contributed by atoms with E-state index in [4.69, 9.17) is 9.15 Å². The third kappa shape index (κ3) is 2.93. The van der Waals surface area contributed by atoms with Crippen LogP contribution in [0.2, 0.25) is 0 Å². The van der Waals surface area contributed by atoms with Crippen LogP contribution in [0.15, 0.2) is 40.8 Å². The molecule has 1 aromatic heterocycles. The quantitative estimate of drug-likeness (QED) is 0.846. The summed E-state index contributed by atoms with van der Waals surface area (Å²) in [4.78, 5) is 0. The Morgan fingerprint density at radius 2 is 2.00 bits per heavy atom. The number of rotatable bonds is 6. The predicted molar refractivity (Wildman–Crippen MR) is 72.7 cm³/mol. The summed E-state index contributed by atoms with van der Waals surface area (Å²) in [5.41, 5.74) is 1.01. The van der Waals surface area contributed by atoms with Crippen molar-refractivity contribution < 1.29 is 9.15 Å². The molecule has 0 saturated carbocycles. The molecule has 0 radical (unpaired) electrons. The largest absolute Gasteiger partial charge is 0.493 e. The Balaban J connectivity index is 2.25. The molecule has 1 aromatic carbocycles. The first-order chi connectivity index (χ1) is 8.85. The van der Waals surface area contributed by atoms with E-state index >= 15 is 0 Å². The van der Waals surface area contributed by atoms with Gasteiger partial charge in [0.2, 0.25) is 0 Å². The molecule has 1 N–H and O–H groups in total. The van der Waals surface area contributed by atoms with Crippen molar-refractivity contribution >= 4 is 0 Å². The minimum Gasteiger partial charge on any atom is -0.493 e. The van der Waals surface area contributed by atoms with Crippen LogP contribution in [-0.4, -0.2) is 13.7 Å². The van der Waals surface area contributed by atoms with E-state index in [0.717, 1.165) is 42.4 Å². The van der Waals surface area contributed by atoms with Crippen molar-refractivity contribution in [1.82, 2.24) is 5.32 Å². The monoisotopic (exact) mass is 245 g/mol. The highest BCUT2D eigenvalue weighted by Gasteiger charge is 2.09. The van der Waals surface area contributed by atoms with Crippen LogP contribution in [0.1, 0.15) is 19.1 Å². The van der Waals surface area contributed by atoms with Gasteiger partial charge in [0.25, 0.3) is 0 Å². The van der Waals surface area contributed by atoms with Crippen molar-refractivity contribution in [2.24, 2.45) is 0 Å². The third-order valence-electron chi connectivity index (χ3n) is 2.63. The Morgan fingerprint density at radius 3 is 2.78 bits per heavy atom. The molecule has 3 heteroatoms. The maximum atomic E-state index is 5.79. The van der Waals surface area contributed by atoms with Crippen LogP contribution >= 0.6 is 0 Å². The SMILES string of the molecule is CCCOc1ccccc1-c1ccc(CNC)o1. The third-order valence-corrected chi connectivity index (χ3v) is 2.63. The van der Waals surface area contributed by atoms with Crippen LogP contribution in [0.4, 0.5) is 0 Å². The van der Waals surface area contributed by atoms with Crippen LogP contribution in [0.25, 0.3) is 11.3 Å². The van der Waals surface area contributed by atoms with E-state index in [1.54, 1.807) is 0 Å². The number of nitrogens with one attached hydrogen (secondary N) is 1. The summed E-state index contributed by atoms with van der Waals surface area (Å²) in [6, 6.07) is 11.9. The van der Waals surface area contributed by atoms with Crippen LogP contribution in [0.5, 0.6) is 5.75 Å². The van der Waals surface area contributed by atoms with Crippen LogP contribution < -0.4 is 10.1 Å². The molecule has 96 valence electrons. The second-order valence-corrected chi connectivity index (χ2v) is 4.14. The molecule has 0 bridgehead atoms. The first-order valence-electron chi connectivity index (χ1n) is 6.30. The maximum absolute atomic E-state index is 5.79. The van der Waals surface area contributed by atoms with E-state index in [-0.39, 0.29) is 0 Å². The minimum atomic E-state index is 0.723. The fourth-order valence-corrected chi connectivity index (χ4v) is 1.80. The minimum absolute atomic E-state index is 0.723. The lowest BCUT2D eigenvalue weighted by Gasteiger charge is -2.08. The van der Waals surface area contributed by atoms with Gasteiger partial charge in [-0.3, -0.25) is 0 Å². The van der Waals surface area contributed by atoms with Crippen molar-refractivity contribution in [2.45, 2.75) is 19.9 Å². The number of hydrogen-bond donors (Lipinski definition) is 1. The summed E-state index contributed by atoms with van der Waals surface area (Å²) in [5, 5.41) is 3.07. The number of hydrogen-bond acceptors (Lipinski definition) is 3. The summed E-state index contributed by atoms with van der Waals surface area (Å²) in [6.07, 6.45) is 0.998. The van der Waals surface area contributed by atoms with Crippen LogP contribution in [0, 0.1) is 0 Å². The zero-order valence-electron chi connectivity index (χ0n) is 10.9. The Bertz CT molecular complexity index is 491. The molecule has 0 unspecified atom stereocenters. The lowest BCUT2D eigenvalue weighted by Crippen LogP contribution is -2.03. The van der Waals surface area contributed by atoms with Gasteiger partial charge in [-0.2, -0.15) is 0 Å². The number of ether oxygens (including phenoxy) is 1. The second kappa shape index (κ2) is 6.26. The molecule has 0 fully saturated rings. The number of furan rings is 1. The maximum Gasteiger partial charge on any atom is 0.138 e. The molecule has 1 heterocycles. The lowest BCUT2D eigenvalue weighted by molar-refractivity contribution is 0.318. The van der Waals surface area contributed by atoms with Crippen LogP contribution in [0.3, 0.4) is 0 Å². The summed E-state index contributed by atoms with van der Waals surface area (Å²) < 4.78 is 11.5. The summed E-state index contributed by atoms with van der Waals surface area (Å²) >= 11 is 0. The van der Waals surface area contributed by atoms with Gasteiger partial charge in [0, 0.05) is 0 Å². The molecule has 3 nitrogen and oxygen atoms in total. The van der Waals surface area contributed by atoms with E-state index < -0.39 is 0 Å². The van der Waals surface area contributed by atoms with Gasteiger partial charge in [-0.15, -0.1) is 0 Å². The van der Waals surface area contributed by atoms with Gasteiger partial charge < -0.3 is 14.5 Å². The number of para-hydroxylation sites is 1. The fourth-order valence-electron chi connectivity index (χ4n) is 1.80. The van der Waals surface area contributed by atoms with Gasteiger partial charge in [0.1, 0.15) is 17.3 Å². The fraction of sp³-hybridized carbons (Fsp3) is 0.333. The molecule has 18 heavy (non-hydrogen) atoms. The molecule has 2 aromatic rings. The Kier molecular flexibility index (Phi) is 4.42. The van der Waals surface area contributed by atoms with Crippen molar-refractivity contribution in [3.8, 4) is 17.1 Å². The molecular weight excluding hydrogens is 226 g/mol. The lowest BCUT2D eigenvalue weighted by atomic mass is 10.1. The molecule has 0 atom stereocenters. The Labute approximate surface area is 108 Å². The van der Waals surface area contributed by atoms with Crippen molar-refractivity contribution in [1.29, 1.82) is 0 Å². The van der Waals surface area contributed by atoms with Crippen molar-refractivity contribution in [3.05, 3.63) is 42.2 Å². The zero-order valence-corrected chi connectivity index (χ0v) is 10.9. The van der Waals surface area contributed by atoms with Gasteiger partial charge in [0.15, 0.2) is 0 Å². The van der Waals surface area contributed by atoms with Crippen molar-refractivity contribution in [3.63, 3.8) is 0 Å². The van der Waals surface area contributed by atoms with Crippen molar-refractivity contribution in [2.75, 3.05) is 13.7 Å². The highest BCUT2D eigenvalue weighted by atomic mass is 16.5. The molecular formula is C15H19NO2. The molecule has 0 saturated heterocycles. The average molecular weight is 245 g/mol. The van der Waals surface area contributed by atoms with E-state index in [1.807, 2.05) is 43.4 Å². The molecule has 0 aliphatic carbocycles. The normalized spacial score (nSPS) is 10.6. The smallest absolute Gasteiger partial charge is 0.138 e. The number of benzene rings is 1. The highest BCUT2D eigenvalue weighted by molar-refractivity contribution is 5.65. The standard InChI is InChI=1S/C15H19NO2/c1-3-10-17-14-7-5-4-6-13(14)15-9-8-12(18-15)11-16-2/h4-9,16H,3,10-11H2,1-2H3. The highest BCUT2D eigenvalue weighted by Crippen LogP contribution is 2.31. The Morgan fingerprint density at radius 1 is 1.17 bits per heavy atom. The zero-order chi connectivity index (χ0) is 12.8. The Hall–Kier alpha value is -1.74. The molecule has 0 aliphatic heterocycles. The van der Waals surface area contributed by atoms with Gasteiger partial charge >= 0.3 is 0 Å². The average Bonchev–Trinajstić information content (AvgIpc) is 2.86. The molecule has 2 rings (SSSR count). The van der Waals surface area contributed by atoms with Crippen LogP contribution in [-0.2, 0) is 6.54 Å². The summed E-state index contributed by atoms with van der Waals surface area (Å²) in [5.74, 6) is 2.66. The van der Waals surface area contributed by atoms with Gasteiger partial charge in [-0.1, -0.05) is 19.1 Å².